The summed E-state index contributed by atoms with van der Waals surface area (Å²) in [6.45, 7) is 3.92. The molecular weight excluding hydrogens is 426 g/mol. The number of nitrogens with zero attached hydrogens (tertiary/aromatic N) is 2. The van der Waals surface area contributed by atoms with Crippen molar-refractivity contribution >= 4 is 41.6 Å². The molecule has 4 atom stereocenters. The van der Waals surface area contributed by atoms with Gasteiger partial charge in [-0.3, -0.25) is 9.69 Å². The van der Waals surface area contributed by atoms with Gasteiger partial charge in [0, 0.05) is 24.0 Å². The van der Waals surface area contributed by atoms with Crippen LogP contribution in [0, 0.1) is 17.7 Å². The molecule has 30 heavy (non-hydrogen) atoms. The molecule has 3 aliphatic rings. The second-order valence-electron chi connectivity index (χ2n) is 8.50. The minimum Gasteiger partial charge on any atom is -0.349 e. The maximum Gasteiger partial charge on any atom is 0.269 e. The Kier molecular flexibility index (Phi) is 7.56. The average molecular weight is 455 g/mol. The number of hydrogen-bond donors (Lipinski definition) is 2. The van der Waals surface area contributed by atoms with Crippen LogP contribution in [0.15, 0.2) is 30.3 Å². The first-order valence-electron chi connectivity index (χ1n) is 10.5. The first kappa shape index (κ1) is 23.2. The van der Waals surface area contributed by atoms with E-state index >= 15 is 0 Å². The van der Waals surface area contributed by atoms with Crippen molar-refractivity contribution in [3.8, 4) is 0 Å². The van der Waals surface area contributed by atoms with E-state index in [1.54, 1.807) is 24.3 Å². The molecule has 4 heterocycles. The molecule has 1 aromatic heterocycles. The lowest BCUT2D eigenvalue weighted by molar-refractivity contribution is -0.0371. The fourth-order valence-corrected chi connectivity index (χ4v) is 5.57. The molecule has 0 unspecified atom stereocenters. The van der Waals surface area contributed by atoms with Gasteiger partial charge in [0.1, 0.15) is 17.0 Å². The Hall–Kier alpha value is -1.47. The predicted octanol–water partition coefficient (Wildman–Crippen LogP) is 3.41. The van der Waals surface area contributed by atoms with Gasteiger partial charge in [-0.1, -0.05) is 24.6 Å². The maximum atomic E-state index is 14.0. The number of nitrogens with one attached hydrogen (secondary N) is 2. The summed E-state index contributed by atoms with van der Waals surface area (Å²) in [5, 5.41) is 7.41. The number of benzene rings is 1. The molecule has 8 heteroatoms. The maximum absolute atomic E-state index is 14.0. The highest BCUT2D eigenvalue weighted by Crippen LogP contribution is 2.38. The van der Waals surface area contributed by atoms with Crippen LogP contribution in [-0.2, 0) is 0 Å². The molecule has 164 valence electrons. The van der Waals surface area contributed by atoms with Gasteiger partial charge in [0.25, 0.3) is 5.91 Å². The van der Waals surface area contributed by atoms with Crippen molar-refractivity contribution in [2.45, 2.75) is 37.8 Å². The molecule has 3 fully saturated rings. The molecule has 3 saturated heterocycles. The number of piperidine rings is 3. The molecule has 2 aromatic rings. The summed E-state index contributed by atoms with van der Waals surface area (Å²) in [7, 11) is 0. The zero-order valence-electron chi connectivity index (χ0n) is 16.9. The van der Waals surface area contributed by atoms with E-state index < -0.39 is 5.82 Å². The van der Waals surface area contributed by atoms with Gasteiger partial charge < -0.3 is 10.6 Å². The molecule has 0 aliphatic carbocycles. The van der Waals surface area contributed by atoms with E-state index in [0.29, 0.717) is 29.9 Å². The zero-order chi connectivity index (χ0) is 19.1. The molecule has 1 amide bonds. The van der Waals surface area contributed by atoms with Crippen LogP contribution >= 0.6 is 24.8 Å². The van der Waals surface area contributed by atoms with Gasteiger partial charge in [-0.05, 0) is 62.9 Å². The van der Waals surface area contributed by atoms with E-state index in [1.165, 1.54) is 31.7 Å². The van der Waals surface area contributed by atoms with Gasteiger partial charge in [-0.15, -0.1) is 24.8 Å². The Morgan fingerprint density at radius 2 is 2.00 bits per heavy atom. The second kappa shape index (κ2) is 9.77. The number of carbonyl (C=O) groups is 1. The number of para-hydroxylation sites is 1. The van der Waals surface area contributed by atoms with Crippen molar-refractivity contribution in [3.05, 3.63) is 41.8 Å². The van der Waals surface area contributed by atoms with Crippen LogP contribution < -0.4 is 10.6 Å². The quantitative estimate of drug-likeness (QED) is 0.745. The molecule has 0 radical (unpaired) electrons. The van der Waals surface area contributed by atoms with Crippen LogP contribution in [0.25, 0.3) is 10.9 Å². The number of aromatic nitrogens is 1. The number of pyridine rings is 1. The molecule has 2 N–H and O–H groups in total. The summed E-state index contributed by atoms with van der Waals surface area (Å²) in [6.07, 6.45) is 5.09. The summed E-state index contributed by atoms with van der Waals surface area (Å²) >= 11 is 0. The second-order valence-corrected chi connectivity index (χ2v) is 8.50. The van der Waals surface area contributed by atoms with Gasteiger partial charge in [0.15, 0.2) is 0 Å². The first-order chi connectivity index (χ1) is 13.7. The molecule has 1 aromatic carbocycles. The fraction of sp³-hybridized carbons (Fsp3) is 0.545. The SMILES string of the molecule is Cl.Cl.O=C(NC[C@H]1[C@@H]2CNC[C@@H](C2)[C@@H]2CCCCN21)c1ccc2cccc(F)c2n1. The molecule has 0 spiro atoms. The fourth-order valence-electron chi connectivity index (χ4n) is 5.57. The number of halogens is 3. The molecule has 3 aliphatic heterocycles. The Morgan fingerprint density at radius 3 is 2.87 bits per heavy atom. The van der Waals surface area contributed by atoms with Crippen molar-refractivity contribution in [1.29, 1.82) is 0 Å². The van der Waals surface area contributed by atoms with Crippen LogP contribution in [0.1, 0.15) is 36.2 Å². The summed E-state index contributed by atoms with van der Waals surface area (Å²) in [5.74, 6) is 0.714. The van der Waals surface area contributed by atoms with Gasteiger partial charge in [-0.25, -0.2) is 9.37 Å². The van der Waals surface area contributed by atoms with E-state index in [9.17, 15) is 9.18 Å². The van der Waals surface area contributed by atoms with Gasteiger partial charge in [0.05, 0.1) is 0 Å². The zero-order valence-corrected chi connectivity index (χ0v) is 18.5. The highest BCUT2D eigenvalue weighted by Gasteiger charge is 2.45. The molecule has 5 nitrogen and oxygen atoms in total. The van der Waals surface area contributed by atoms with E-state index in [0.717, 1.165) is 25.6 Å². The number of hydrogen-bond acceptors (Lipinski definition) is 4. The highest BCUT2D eigenvalue weighted by molar-refractivity contribution is 5.95. The third-order valence-corrected chi connectivity index (χ3v) is 6.90. The van der Waals surface area contributed by atoms with E-state index in [4.69, 9.17) is 0 Å². The summed E-state index contributed by atoms with van der Waals surface area (Å²) in [5.41, 5.74) is 0.534. The standard InChI is InChI=1S/C22H27FN4O.2ClH/c23-17-5-3-4-14-7-8-18(26-21(14)17)22(28)25-13-20-16-10-15(11-24-12-16)19-6-1-2-9-27(19)20;;/h3-5,7-8,15-16,19-20,24H,1-2,6,9-13H2,(H,25,28);2*1H/t15-,16+,19+,20+;;/m1../s1. The van der Waals surface area contributed by atoms with Gasteiger partial charge in [-0.2, -0.15) is 0 Å². The van der Waals surface area contributed by atoms with Crippen molar-refractivity contribution in [2.24, 2.45) is 11.8 Å². The third kappa shape index (κ3) is 4.28. The summed E-state index contributed by atoms with van der Waals surface area (Å²) in [6, 6.07) is 9.29. The van der Waals surface area contributed by atoms with Gasteiger partial charge in [0.2, 0.25) is 0 Å². The monoisotopic (exact) mass is 454 g/mol. The van der Waals surface area contributed by atoms with Crippen LogP contribution in [0.5, 0.6) is 0 Å². The number of fused-ring (bicyclic) bond motifs is 5. The summed E-state index contributed by atoms with van der Waals surface area (Å²) in [4.78, 5) is 19.7. The lowest BCUT2D eigenvalue weighted by Crippen LogP contribution is -2.65. The normalized spacial score (nSPS) is 28.0. The minimum atomic E-state index is -0.394. The van der Waals surface area contributed by atoms with Crippen LogP contribution in [0.4, 0.5) is 4.39 Å². The largest absolute Gasteiger partial charge is 0.349 e. The van der Waals surface area contributed by atoms with E-state index in [1.807, 2.05) is 0 Å². The first-order valence-corrected chi connectivity index (χ1v) is 10.5. The minimum absolute atomic E-state index is 0. The molecular formula is C22H29Cl2FN4O. The van der Waals surface area contributed by atoms with Crippen molar-refractivity contribution in [3.63, 3.8) is 0 Å². The highest BCUT2D eigenvalue weighted by atomic mass is 35.5. The van der Waals surface area contributed by atoms with Crippen molar-refractivity contribution < 1.29 is 9.18 Å². The van der Waals surface area contributed by atoms with Crippen molar-refractivity contribution in [1.82, 2.24) is 20.5 Å². The predicted molar refractivity (Wildman–Crippen MR) is 121 cm³/mol. The average Bonchev–Trinajstić information content (AvgIpc) is 2.74. The van der Waals surface area contributed by atoms with Crippen LogP contribution in [-0.4, -0.2) is 54.1 Å². The van der Waals surface area contributed by atoms with Crippen LogP contribution in [0.2, 0.25) is 0 Å². The summed E-state index contributed by atoms with van der Waals surface area (Å²) < 4.78 is 14.0. The molecule has 2 bridgehead atoms. The Labute approximate surface area is 189 Å². The molecule has 5 rings (SSSR count). The topological polar surface area (TPSA) is 57.3 Å². The Bertz CT molecular complexity index is 899. The number of amides is 1. The lowest BCUT2D eigenvalue weighted by Gasteiger charge is -2.55. The smallest absolute Gasteiger partial charge is 0.269 e. The number of carbonyl (C=O) groups excluding carboxylic acids is 1. The van der Waals surface area contributed by atoms with E-state index in [2.05, 4.69) is 20.5 Å². The molecule has 0 saturated carbocycles. The Morgan fingerprint density at radius 1 is 1.17 bits per heavy atom. The number of rotatable bonds is 3. The van der Waals surface area contributed by atoms with Crippen LogP contribution in [0.3, 0.4) is 0 Å². The van der Waals surface area contributed by atoms with E-state index in [-0.39, 0.29) is 41.9 Å². The van der Waals surface area contributed by atoms with Gasteiger partial charge >= 0.3 is 0 Å². The third-order valence-electron chi connectivity index (χ3n) is 6.90. The lowest BCUT2D eigenvalue weighted by atomic mass is 9.73. The van der Waals surface area contributed by atoms with Crippen molar-refractivity contribution in [2.75, 3.05) is 26.2 Å². The Balaban J connectivity index is 0.00000128.